The fraction of sp³-hybridized carbons (Fsp3) is 0.125. The zero-order valence-corrected chi connectivity index (χ0v) is 8.26. The van der Waals surface area contributed by atoms with Gasteiger partial charge in [0.2, 0.25) is 0 Å². The molecule has 0 aliphatic carbocycles. The zero-order chi connectivity index (χ0) is 10.0. The van der Waals surface area contributed by atoms with E-state index in [9.17, 15) is 9.18 Å². The fourth-order valence-electron chi connectivity index (χ4n) is 0.849. The van der Waals surface area contributed by atoms with Crippen LogP contribution in [0.5, 0.6) is 5.75 Å². The molecule has 0 aliphatic heterocycles. The molecule has 5 heteroatoms. The van der Waals surface area contributed by atoms with Crippen LogP contribution in [0.3, 0.4) is 0 Å². The Morgan fingerprint density at radius 1 is 1.62 bits per heavy atom. The number of carboxylic acid groups (broad SMARTS) is 1. The number of hydrogen-bond acceptors (Lipinski definition) is 2. The van der Waals surface area contributed by atoms with Crippen LogP contribution in [0, 0.1) is 5.82 Å². The highest BCUT2D eigenvalue weighted by molar-refractivity contribution is 9.10. The van der Waals surface area contributed by atoms with Crippen LogP contribution in [-0.2, 0) is 0 Å². The second-order valence-electron chi connectivity index (χ2n) is 2.27. The summed E-state index contributed by atoms with van der Waals surface area (Å²) >= 11 is 3.03. The van der Waals surface area contributed by atoms with Gasteiger partial charge in [0.1, 0.15) is 11.6 Å². The lowest BCUT2D eigenvalue weighted by Crippen LogP contribution is -2.01. The van der Waals surface area contributed by atoms with Crippen LogP contribution in [0.15, 0.2) is 16.6 Å². The van der Waals surface area contributed by atoms with Crippen molar-refractivity contribution in [3.8, 4) is 5.75 Å². The van der Waals surface area contributed by atoms with Crippen LogP contribution in [-0.4, -0.2) is 18.2 Å². The van der Waals surface area contributed by atoms with Crippen molar-refractivity contribution in [3.63, 3.8) is 0 Å². The van der Waals surface area contributed by atoms with E-state index < -0.39 is 17.3 Å². The Labute approximate surface area is 82.3 Å². The van der Waals surface area contributed by atoms with Crippen LogP contribution in [0.4, 0.5) is 4.39 Å². The number of methoxy groups -OCH3 is 1. The molecule has 0 saturated carbocycles. The van der Waals surface area contributed by atoms with Gasteiger partial charge in [-0.1, -0.05) is 0 Å². The van der Waals surface area contributed by atoms with Crippen molar-refractivity contribution in [2.75, 3.05) is 7.11 Å². The Morgan fingerprint density at radius 2 is 2.23 bits per heavy atom. The van der Waals surface area contributed by atoms with Crippen molar-refractivity contribution in [1.82, 2.24) is 0 Å². The Kier molecular flexibility index (Phi) is 2.87. The second-order valence-corrected chi connectivity index (χ2v) is 3.13. The molecule has 0 aromatic heterocycles. The van der Waals surface area contributed by atoms with Gasteiger partial charge in [-0.2, -0.15) is 0 Å². The predicted molar refractivity (Wildman–Crippen MR) is 47.6 cm³/mol. The molecule has 0 radical (unpaired) electrons. The summed E-state index contributed by atoms with van der Waals surface area (Å²) in [6.07, 6.45) is 0. The maximum Gasteiger partial charge on any atom is 0.338 e. The summed E-state index contributed by atoms with van der Waals surface area (Å²) in [7, 11) is 1.38. The first-order valence-electron chi connectivity index (χ1n) is 3.32. The van der Waals surface area contributed by atoms with Crippen LogP contribution < -0.4 is 4.74 Å². The van der Waals surface area contributed by atoms with E-state index >= 15 is 0 Å². The minimum absolute atomic E-state index is 0.291. The number of halogens is 2. The Balaban J connectivity index is 3.30. The molecule has 0 aliphatic rings. The third kappa shape index (κ3) is 1.98. The summed E-state index contributed by atoms with van der Waals surface area (Å²) in [5.74, 6) is -1.82. The van der Waals surface area contributed by atoms with Gasteiger partial charge >= 0.3 is 5.97 Å². The molecule has 13 heavy (non-hydrogen) atoms. The number of aromatic carboxylic acids is 1. The highest BCUT2D eigenvalue weighted by Gasteiger charge is 2.13. The van der Waals surface area contributed by atoms with Crippen molar-refractivity contribution in [1.29, 1.82) is 0 Å². The molecule has 0 heterocycles. The van der Waals surface area contributed by atoms with Gasteiger partial charge in [-0.25, -0.2) is 9.18 Å². The molecule has 3 nitrogen and oxygen atoms in total. The van der Waals surface area contributed by atoms with Gasteiger partial charge < -0.3 is 9.84 Å². The number of carboxylic acids is 1. The number of rotatable bonds is 2. The van der Waals surface area contributed by atoms with E-state index in [-0.39, 0.29) is 0 Å². The molecule has 1 aromatic carbocycles. The lowest BCUT2D eigenvalue weighted by atomic mass is 10.2. The van der Waals surface area contributed by atoms with Crippen molar-refractivity contribution < 1.29 is 19.0 Å². The van der Waals surface area contributed by atoms with Crippen LogP contribution in [0.1, 0.15) is 10.4 Å². The number of carbonyl (C=O) groups is 1. The van der Waals surface area contributed by atoms with Crippen molar-refractivity contribution in [2.24, 2.45) is 0 Å². The lowest BCUT2D eigenvalue weighted by molar-refractivity contribution is 0.0691. The van der Waals surface area contributed by atoms with E-state index in [0.717, 1.165) is 12.1 Å². The highest BCUT2D eigenvalue weighted by Crippen LogP contribution is 2.27. The van der Waals surface area contributed by atoms with Gasteiger partial charge in [0.05, 0.1) is 17.1 Å². The van der Waals surface area contributed by atoms with E-state index in [2.05, 4.69) is 15.9 Å². The topological polar surface area (TPSA) is 46.5 Å². The van der Waals surface area contributed by atoms with E-state index in [0.29, 0.717) is 10.2 Å². The first-order chi connectivity index (χ1) is 6.06. The second kappa shape index (κ2) is 3.74. The summed E-state index contributed by atoms with van der Waals surface area (Å²) in [4.78, 5) is 10.5. The van der Waals surface area contributed by atoms with E-state index in [1.54, 1.807) is 0 Å². The van der Waals surface area contributed by atoms with Crippen LogP contribution >= 0.6 is 15.9 Å². The van der Waals surface area contributed by atoms with Crippen LogP contribution in [0.25, 0.3) is 0 Å². The fourth-order valence-corrected chi connectivity index (χ4v) is 1.33. The van der Waals surface area contributed by atoms with Gasteiger partial charge in [0, 0.05) is 0 Å². The van der Waals surface area contributed by atoms with Crippen molar-refractivity contribution in [2.45, 2.75) is 0 Å². The first kappa shape index (κ1) is 9.98. The lowest BCUT2D eigenvalue weighted by Gasteiger charge is -2.04. The molecule has 1 rings (SSSR count). The molecule has 70 valence electrons. The number of hydrogen-bond donors (Lipinski definition) is 1. The van der Waals surface area contributed by atoms with Gasteiger partial charge in [-0.15, -0.1) is 0 Å². The third-order valence-electron chi connectivity index (χ3n) is 1.47. The Morgan fingerprint density at radius 3 is 2.69 bits per heavy atom. The molecular formula is C8H6BrFO3. The Hall–Kier alpha value is -1.10. The van der Waals surface area contributed by atoms with Gasteiger partial charge in [0.15, 0.2) is 0 Å². The maximum absolute atomic E-state index is 13.0. The monoisotopic (exact) mass is 248 g/mol. The van der Waals surface area contributed by atoms with Gasteiger partial charge in [0.25, 0.3) is 0 Å². The quantitative estimate of drug-likeness (QED) is 0.874. The summed E-state index contributed by atoms with van der Waals surface area (Å²) < 4.78 is 18.2. The standard InChI is InChI=1S/C8H6BrFO3/c1-13-7-2-4(8(11)12)6(10)3-5(7)9/h2-3H,1H3,(H,11,12). The molecule has 0 atom stereocenters. The Bertz CT molecular complexity index is 351. The SMILES string of the molecule is COc1cc(C(=O)O)c(F)cc1Br. The van der Waals surface area contributed by atoms with Crippen LogP contribution in [0.2, 0.25) is 0 Å². The highest BCUT2D eigenvalue weighted by atomic mass is 79.9. The smallest absolute Gasteiger partial charge is 0.338 e. The summed E-state index contributed by atoms with van der Waals surface area (Å²) in [6.45, 7) is 0. The molecule has 0 amide bonds. The van der Waals surface area contributed by atoms with E-state index in [1.807, 2.05) is 0 Å². The molecule has 0 unspecified atom stereocenters. The molecule has 0 fully saturated rings. The minimum atomic E-state index is -1.32. The van der Waals surface area contributed by atoms with E-state index in [4.69, 9.17) is 9.84 Å². The molecule has 0 spiro atoms. The summed E-state index contributed by atoms with van der Waals surface area (Å²) in [5.41, 5.74) is -0.403. The van der Waals surface area contributed by atoms with Gasteiger partial charge in [-0.3, -0.25) is 0 Å². The molecule has 1 N–H and O–H groups in total. The average molecular weight is 249 g/mol. The zero-order valence-electron chi connectivity index (χ0n) is 6.67. The number of benzene rings is 1. The summed E-state index contributed by atoms with van der Waals surface area (Å²) in [6, 6.07) is 2.18. The van der Waals surface area contributed by atoms with E-state index in [1.165, 1.54) is 7.11 Å². The van der Waals surface area contributed by atoms with Crippen molar-refractivity contribution in [3.05, 3.63) is 28.0 Å². The molecule has 0 bridgehead atoms. The molecule has 0 saturated heterocycles. The predicted octanol–water partition coefficient (Wildman–Crippen LogP) is 2.29. The number of ether oxygens (including phenoxy) is 1. The average Bonchev–Trinajstić information content (AvgIpc) is 2.03. The van der Waals surface area contributed by atoms with Crippen molar-refractivity contribution >= 4 is 21.9 Å². The summed E-state index contributed by atoms with van der Waals surface area (Å²) in [5, 5.41) is 8.57. The minimum Gasteiger partial charge on any atom is -0.496 e. The van der Waals surface area contributed by atoms with Gasteiger partial charge in [-0.05, 0) is 28.1 Å². The largest absolute Gasteiger partial charge is 0.496 e. The normalized spacial score (nSPS) is 9.77. The first-order valence-corrected chi connectivity index (χ1v) is 4.12. The third-order valence-corrected chi connectivity index (χ3v) is 2.09. The molecule has 1 aromatic rings. The molecular weight excluding hydrogens is 243 g/mol. The maximum atomic E-state index is 13.0.